The Morgan fingerprint density at radius 3 is 2.71 bits per heavy atom. The van der Waals surface area contributed by atoms with E-state index < -0.39 is 11.6 Å². The van der Waals surface area contributed by atoms with Crippen LogP contribution < -0.4 is 10.2 Å². The predicted octanol–water partition coefficient (Wildman–Crippen LogP) is 3.36. The van der Waals surface area contributed by atoms with E-state index in [4.69, 9.17) is 4.98 Å². The summed E-state index contributed by atoms with van der Waals surface area (Å²) in [6.45, 7) is 1.96. The first-order valence-electron chi connectivity index (χ1n) is 10.7. The third-order valence-corrected chi connectivity index (χ3v) is 6.19. The Labute approximate surface area is 178 Å². The Hall–Kier alpha value is -3.26. The van der Waals surface area contributed by atoms with E-state index in [1.807, 2.05) is 18.2 Å². The molecule has 7 nitrogen and oxygen atoms in total. The van der Waals surface area contributed by atoms with E-state index in [9.17, 15) is 9.50 Å². The maximum atomic E-state index is 14.6. The van der Waals surface area contributed by atoms with Crippen molar-refractivity contribution in [1.29, 1.82) is 0 Å². The summed E-state index contributed by atoms with van der Waals surface area (Å²) in [5.74, 6) is -0.214. The van der Waals surface area contributed by atoms with Gasteiger partial charge in [-0.1, -0.05) is 0 Å². The van der Waals surface area contributed by atoms with E-state index in [2.05, 4.69) is 20.3 Å². The van der Waals surface area contributed by atoms with Crippen molar-refractivity contribution >= 4 is 27.8 Å². The fraction of sp³-hybridized carbons (Fsp3) is 0.348. The number of phenolic OH excluding ortho intramolecular Hbond substituents is 1. The first kappa shape index (κ1) is 18.5. The molecule has 0 unspecified atom stereocenters. The van der Waals surface area contributed by atoms with Crippen molar-refractivity contribution in [2.45, 2.75) is 31.3 Å². The van der Waals surface area contributed by atoms with Gasteiger partial charge >= 0.3 is 0 Å². The summed E-state index contributed by atoms with van der Waals surface area (Å²) >= 11 is 0. The molecule has 3 aromatic heterocycles. The lowest BCUT2D eigenvalue weighted by molar-refractivity contribution is 0.437. The van der Waals surface area contributed by atoms with Crippen LogP contribution in [-0.4, -0.2) is 50.0 Å². The summed E-state index contributed by atoms with van der Waals surface area (Å²) < 4.78 is 16.2. The van der Waals surface area contributed by atoms with Crippen LogP contribution in [0.4, 0.5) is 10.2 Å². The van der Waals surface area contributed by atoms with Crippen LogP contribution in [0.3, 0.4) is 0 Å². The average Bonchev–Trinajstić information content (AvgIpc) is 3.32. The van der Waals surface area contributed by atoms with Crippen LogP contribution in [-0.2, 0) is 7.05 Å². The van der Waals surface area contributed by atoms with Crippen LogP contribution in [0.1, 0.15) is 19.3 Å². The maximum Gasteiger partial charge on any atom is 0.193 e. The molecular weight excluding hydrogens is 395 g/mol. The van der Waals surface area contributed by atoms with Gasteiger partial charge in [0, 0.05) is 49.4 Å². The zero-order chi connectivity index (χ0) is 21.1. The lowest BCUT2D eigenvalue weighted by Gasteiger charge is -2.18. The van der Waals surface area contributed by atoms with Gasteiger partial charge in [0.05, 0.1) is 16.7 Å². The van der Waals surface area contributed by atoms with Crippen LogP contribution in [0.25, 0.3) is 33.2 Å². The molecule has 1 saturated carbocycles. The normalized spacial score (nSPS) is 19.0. The predicted molar refractivity (Wildman–Crippen MR) is 118 cm³/mol. The van der Waals surface area contributed by atoms with Gasteiger partial charge in [0.2, 0.25) is 0 Å². The van der Waals surface area contributed by atoms with Gasteiger partial charge in [-0.2, -0.15) is 5.10 Å². The summed E-state index contributed by atoms with van der Waals surface area (Å²) in [5.41, 5.74) is 2.48. The molecule has 2 aliphatic rings. The van der Waals surface area contributed by atoms with E-state index in [0.29, 0.717) is 34.2 Å². The summed E-state index contributed by atoms with van der Waals surface area (Å²) in [4.78, 5) is 11.8. The number of nitrogens with zero attached hydrogens (tertiary/aromatic N) is 5. The highest BCUT2D eigenvalue weighted by Gasteiger charge is 2.29. The first-order valence-corrected chi connectivity index (χ1v) is 10.7. The molecule has 0 amide bonds. The Bertz CT molecular complexity index is 1310. The van der Waals surface area contributed by atoms with Crippen molar-refractivity contribution in [3.63, 3.8) is 0 Å². The van der Waals surface area contributed by atoms with Crippen molar-refractivity contribution in [1.82, 2.24) is 25.1 Å². The number of nitrogens with one attached hydrogen (secondary N) is 1. The van der Waals surface area contributed by atoms with E-state index in [-0.39, 0.29) is 5.52 Å². The molecular formula is C23H23FN6O. The van der Waals surface area contributed by atoms with Gasteiger partial charge in [-0.3, -0.25) is 4.68 Å². The van der Waals surface area contributed by atoms with Gasteiger partial charge in [-0.25, -0.2) is 14.4 Å². The summed E-state index contributed by atoms with van der Waals surface area (Å²) in [6.07, 6.45) is 5.45. The zero-order valence-corrected chi connectivity index (χ0v) is 17.2. The van der Waals surface area contributed by atoms with E-state index in [1.54, 1.807) is 25.4 Å². The van der Waals surface area contributed by atoms with Crippen molar-refractivity contribution in [2.75, 3.05) is 18.0 Å². The van der Waals surface area contributed by atoms with Crippen LogP contribution in [0.15, 0.2) is 36.5 Å². The molecule has 6 rings (SSSR count). The zero-order valence-electron chi connectivity index (χ0n) is 17.2. The van der Waals surface area contributed by atoms with Crippen molar-refractivity contribution in [3.05, 3.63) is 42.3 Å². The van der Waals surface area contributed by atoms with Crippen LogP contribution in [0, 0.1) is 5.82 Å². The molecule has 0 spiro atoms. The topological polar surface area (TPSA) is 79.1 Å². The molecule has 4 heterocycles. The average molecular weight is 418 g/mol. The standard InChI is InChI=1S/C23H23FN6O/c1-29-11-13-10-16(23(31)21(24)22(13)28-29)17-4-5-19-18(26-17)6-7-20(27-19)30-9-8-15(12-30)25-14-2-3-14/h4-7,10-11,14-15,25,31H,2-3,8-9,12H2,1H3/t15-/m0/s1. The minimum atomic E-state index is -0.730. The van der Waals surface area contributed by atoms with Crippen LogP contribution in [0.5, 0.6) is 5.75 Å². The molecule has 31 heavy (non-hydrogen) atoms. The molecule has 2 fully saturated rings. The first-order chi connectivity index (χ1) is 15.0. The van der Waals surface area contributed by atoms with Gasteiger partial charge < -0.3 is 15.3 Å². The Morgan fingerprint density at radius 2 is 1.87 bits per heavy atom. The Morgan fingerprint density at radius 1 is 1.06 bits per heavy atom. The molecule has 1 aliphatic carbocycles. The second-order valence-electron chi connectivity index (χ2n) is 8.60. The quantitative estimate of drug-likeness (QED) is 0.529. The number of aromatic hydroxyl groups is 1. The number of aromatic nitrogens is 4. The Kier molecular flexibility index (Phi) is 4.11. The molecule has 1 aromatic carbocycles. The SMILES string of the molecule is Cn1cc2cc(-c3ccc4nc(N5CC[C@H](NC6CC6)C5)ccc4n3)c(O)c(F)c2n1. The minimum Gasteiger partial charge on any atom is -0.504 e. The molecule has 8 heteroatoms. The number of hydrogen-bond acceptors (Lipinski definition) is 6. The second-order valence-corrected chi connectivity index (χ2v) is 8.60. The molecule has 158 valence electrons. The third-order valence-electron chi connectivity index (χ3n) is 6.19. The van der Waals surface area contributed by atoms with E-state index in [0.717, 1.165) is 30.8 Å². The highest BCUT2D eigenvalue weighted by molar-refractivity contribution is 5.89. The van der Waals surface area contributed by atoms with E-state index >= 15 is 0 Å². The number of halogens is 1. The lowest BCUT2D eigenvalue weighted by Crippen LogP contribution is -2.34. The largest absolute Gasteiger partial charge is 0.504 e. The van der Waals surface area contributed by atoms with Crippen LogP contribution in [0.2, 0.25) is 0 Å². The summed E-state index contributed by atoms with van der Waals surface area (Å²) in [5, 5.41) is 18.8. The highest BCUT2D eigenvalue weighted by atomic mass is 19.1. The summed E-state index contributed by atoms with van der Waals surface area (Å²) in [6, 6.07) is 10.5. The van der Waals surface area contributed by atoms with Gasteiger partial charge in [0.25, 0.3) is 0 Å². The van der Waals surface area contributed by atoms with Gasteiger partial charge in [0.15, 0.2) is 11.6 Å². The van der Waals surface area contributed by atoms with Crippen molar-refractivity contribution < 1.29 is 9.50 Å². The number of phenols is 1. The maximum absolute atomic E-state index is 14.6. The summed E-state index contributed by atoms with van der Waals surface area (Å²) in [7, 11) is 1.72. The van der Waals surface area contributed by atoms with Crippen molar-refractivity contribution in [2.24, 2.45) is 7.05 Å². The third kappa shape index (κ3) is 3.27. The number of anilines is 1. The second kappa shape index (κ2) is 6.88. The molecule has 1 saturated heterocycles. The molecule has 0 bridgehead atoms. The Balaban J connectivity index is 1.32. The van der Waals surface area contributed by atoms with Gasteiger partial charge in [-0.15, -0.1) is 0 Å². The lowest BCUT2D eigenvalue weighted by atomic mass is 10.1. The number of benzene rings is 1. The minimum absolute atomic E-state index is 0.149. The molecule has 1 atom stereocenters. The molecule has 4 aromatic rings. The van der Waals surface area contributed by atoms with Crippen molar-refractivity contribution in [3.8, 4) is 17.0 Å². The number of pyridine rings is 2. The highest BCUT2D eigenvalue weighted by Crippen LogP contribution is 2.36. The monoisotopic (exact) mass is 418 g/mol. The molecule has 1 aliphatic heterocycles. The molecule has 0 radical (unpaired) electrons. The van der Waals surface area contributed by atoms with E-state index in [1.165, 1.54) is 17.5 Å². The fourth-order valence-electron chi connectivity index (χ4n) is 4.45. The smallest absolute Gasteiger partial charge is 0.193 e. The van der Waals surface area contributed by atoms with Gasteiger partial charge in [-0.05, 0) is 49.6 Å². The van der Waals surface area contributed by atoms with Crippen LogP contribution >= 0.6 is 0 Å². The van der Waals surface area contributed by atoms with Gasteiger partial charge in [0.1, 0.15) is 11.3 Å². The number of rotatable bonds is 4. The number of fused-ring (bicyclic) bond motifs is 2. The number of aryl methyl sites for hydroxylation is 1. The number of hydrogen-bond donors (Lipinski definition) is 2. The molecule has 2 N–H and O–H groups in total. The fourth-order valence-corrected chi connectivity index (χ4v) is 4.45.